The van der Waals surface area contributed by atoms with Crippen LogP contribution in [0.1, 0.15) is 6.92 Å². The van der Waals surface area contributed by atoms with Crippen LogP contribution in [0.25, 0.3) is 0 Å². The van der Waals surface area contributed by atoms with Crippen LogP contribution in [0, 0.1) is 0 Å². The van der Waals surface area contributed by atoms with Crippen molar-refractivity contribution < 1.29 is 46.5 Å². The van der Waals surface area contributed by atoms with Gasteiger partial charge in [0.15, 0.2) is 5.76 Å². The van der Waals surface area contributed by atoms with Gasteiger partial charge in [0.1, 0.15) is 5.76 Å². The number of rotatable bonds is 1. The topological polar surface area (TPSA) is 38.4 Å². The van der Waals surface area contributed by atoms with Crippen molar-refractivity contribution in [2.75, 3.05) is 7.11 Å². The number of ether oxygens (including phenoxy) is 2. The van der Waals surface area contributed by atoms with Crippen LogP contribution in [-0.2, 0) is 34.1 Å². The Kier molecular flexibility index (Phi) is 7.21. The molecule has 0 aromatic carbocycles. The van der Waals surface area contributed by atoms with E-state index in [9.17, 15) is 5.11 Å². The minimum absolute atomic E-state index is 0. The molecular weight excluding hydrogens is 233 g/mol. The molecule has 0 saturated heterocycles. The first-order valence-corrected chi connectivity index (χ1v) is 2.80. The van der Waals surface area contributed by atoms with Gasteiger partial charge in [-0.25, -0.2) is 5.11 Å². The van der Waals surface area contributed by atoms with Crippen molar-refractivity contribution in [1.29, 1.82) is 0 Å². The van der Waals surface area contributed by atoms with Gasteiger partial charge in [-0.05, 0) is 6.92 Å². The van der Waals surface area contributed by atoms with Gasteiger partial charge in [0, 0.05) is 31.3 Å². The summed E-state index contributed by atoms with van der Waals surface area (Å²) in [6.07, 6.45) is 1.60. The van der Waals surface area contributed by atoms with Crippen molar-refractivity contribution in [1.82, 2.24) is 0 Å². The van der Waals surface area contributed by atoms with Gasteiger partial charge in [-0.3, -0.25) is 0 Å². The van der Waals surface area contributed by atoms with Crippen LogP contribution >= 0.6 is 0 Å². The van der Waals surface area contributed by atoms with Gasteiger partial charge >= 0.3 is 5.95 Å². The molecule has 0 N–H and O–H groups in total. The van der Waals surface area contributed by atoms with Crippen LogP contribution < -0.4 is 12.4 Å². The number of hydrogen-bond acceptors (Lipinski definition) is 2. The zero-order chi connectivity index (χ0) is 7.56. The summed E-state index contributed by atoms with van der Waals surface area (Å²) in [6, 6.07) is 0. The van der Waals surface area contributed by atoms with E-state index in [2.05, 4.69) is 10.5 Å². The monoisotopic (exact) mass is 238 g/mol. The smallest absolute Gasteiger partial charge is 0.385 e. The summed E-state index contributed by atoms with van der Waals surface area (Å²) < 4.78 is 9.39. The Morgan fingerprint density at radius 1 is 1.58 bits per heavy atom. The molecule has 1 rings (SSSR count). The Hall–Kier alpha value is -0.427. The van der Waals surface area contributed by atoms with Gasteiger partial charge in [-0.15, -0.1) is 0 Å². The molecule has 0 amide bonds. The van der Waals surface area contributed by atoms with E-state index in [-0.39, 0.29) is 31.9 Å². The Balaban J connectivity index is 0. The third kappa shape index (κ3) is 3.82. The number of halogens is 1. The van der Waals surface area contributed by atoms with Gasteiger partial charge in [0.2, 0.25) is 0 Å². The maximum absolute atomic E-state index is 10.6. The van der Waals surface area contributed by atoms with E-state index in [1.54, 1.807) is 13.0 Å². The molecule has 0 unspecified atom stereocenters. The molecular formula is C7H7ClO3Zn-. The quantitative estimate of drug-likeness (QED) is 0.405. The Morgan fingerprint density at radius 3 is 2.58 bits per heavy atom. The molecule has 0 bridgehead atoms. The molecule has 1 aliphatic heterocycles. The summed E-state index contributed by atoms with van der Waals surface area (Å²) in [5.74, 6) is 0.436. The summed E-state index contributed by atoms with van der Waals surface area (Å²) in [7, 11) is 1.48. The normalized spacial score (nSPS) is 13.7. The molecule has 0 atom stereocenters. The predicted octanol–water partition coefficient (Wildman–Crippen LogP) is -1.68. The first kappa shape index (κ1) is 14.1. The molecule has 0 aliphatic carbocycles. The van der Waals surface area contributed by atoms with Crippen LogP contribution in [0.4, 0.5) is 0 Å². The second-order valence-corrected chi connectivity index (χ2v) is 1.84. The minimum Gasteiger partial charge on any atom is -1.00 e. The Bertz CT molecular complexity index is 241. The molecule has 63 valence electrons. The largest absolute Gasteiger partial charge is 1.00 e. The maximum atomic E-state index is 10.6. The number of allylic oxidation sites excluding steroid dienone is 2. The average molecular weight is 240 g/mol. The van der Waals surface area contributed by atoms with Crippen molar-refractivity contribution in [3.8, 4) is 0 Å². The summed E-state index contributed by atoms with van der Waals surface area (Å²) in [6.45, 7) is 1.68. The summed E-state index contributed by atoms with van der Waals surface area (Å²) >= 11 is 0. The second-order valence-electron chi connectivity index (χ2n) is 1.84. The maximum Gasteiger partial charge on any atom is 0.385 e. The molecule has 0 spiro atoms. The van der Waals surface area contributed by atoms with Gasteiger partial charge in [0.05, 0.1) is 7.11 Å². The van der Waals surface area contributed by atoms with Gasteiger partial charge in [-0.1, -0.05) is 0 Å². The average Bonchev–Trinajstić information content (AvgIpc) is 1.85. The Labute approximate surface area is 89.9 Å². The first-order chi connectivity index (χ1) is 4.72. The second kappa shape index (κ2) is 6.13. The fourth-order valence-electron chi connectivity index (χ4n) is 0.632. The molecule has 3 nitrogen and oxygen atoms in total. The molecule has 0 aromatic heterocycles. The molecule has 1 radical (unpaired) electrons. The molecule has 0 aromatic rings. The third-order valence-corrected chi connectivity index (χ3v) is 1.03. The molecule has 1 heterocycles. The standard InChI is InChI=1S/C7H7O3.ClH.Zn/c1-5-3-6(9-2)4-7(8)10-5;;/h3H,1-2H3;1H;/p-1. The van der Waals surface area contributed by atoms with Crippen LogP contribution in [-0.4, -0.2) is 7.11 Å². The molecule has 0 saturated carbocycles. The van der Waals surface area contributed by atoms with E-state index in [0.717, 1.165) is 0 Å². The third-order valence-electron chi connectivity index (χ3n) is 1.03. The Morgan fingerprint density at radius 2 is 2.17 bits per heavy atom. The number of hydrogen-bond donors (Lipinski definition) is 0. The zero-order valence-electron chi connectivity index (χ0n) is 6.89. The predicted molar refractivity (Wildman–Crippen MR) is 33.1 cm³/mol. The minimum atomic E-state index is -0.503. The van der Waals surface area contributed by atoms with Gasteiger partial charge in [-0.2, -0.15) is 0 Å². The van der Waals surface area contributed by atoms with Crippen molar-refractivity contribution >= 4 is 0 Å². The molecule has 1 aliphatic rings. The van der Waals surface area contributed by atoms with E-state index in [4.69, 9.17) is 4.74 Å². The van der Waals surface area contributed by atoms with E-state index < -0.39 is 5.95 Å². The molecule has 5 heteroatoms. The molecule has 12 heavy (non-hydrogen) atoms. The summed E-state index contributed by atoms with van der Waals surface area (Å²) in [5, 5.41) is 10.6. The van der Waals surface area contributed by atoms with Crippen molar-refractivity contribution in [2.24, 2.45) is 0 Å². The van der Waals surface area contributed by atoms with E-state index in [1.165, 1.54) is 7.11 Å². The van der Waals surface area contributed by atoms with Gasteiger partial charge < -0.3 is 21.9 Å². The van der Waals surface area contributed by atoms with E-state index in [0.29, 0.717) is 11.5 Å². The van der Waals surface area contributed by atoms with Crippen LogP contribution in [0.5, 0.6) is 0 Å². The van der Waals surface area contributed by atoms with E-state index >= 15 is 0 Å². The summed E-state index contributed by atoms with van der Waals surface area (Å²) in [4.78, 5) is 0. The fraction of sp³-hybridized carbons (Fsp3) is 0.286. The molecule has 0 fully saturated rings. The first-order valence-electron chi connectivity index (χ1n) is 2.80. The fourth-order valence-corrected chi connectivity index (χ4v) is 0.632. The van der Waals surface area contributed by atoms with Gasteiger partial charge in [0.25, 0.3) is 0 Å². The van der Waals surface area contributed by atoms with E-state index in [1.807, 2.05) is 0 Å². The van der Waals surface area contributed by atoms with Crippen LogP contribution in [0.15, 0.2) is 29.3 Å². The van der Waals surface area contributed by atoms with Crippen molar-refractivity contribution in [3.05, 3.63) is 29.3 Å². The summed E-state index contributed by atoms with van der Waals surface area (Å²) in [5.41, 5.74) is 2.35. The van der Waals surface area contributed by atoms with Crippen molar-refractivity contribution in [3.63, 3.8) is 0 Å². The van der Waals surface area contributed by atoms with Crippen molar-refractivity contribution in [2.45, 2.75) is 6.92 Å². The zero-order valence-corrected chi connectivity index (χ0v) is 10.6. The number of methoxy groups -OCH3 is 1. The van der Waals surface area contributed by atoms with Crippen LogP contribution in [0.2, 0.25) is 0 Å². The van der Waals surface area contributed by atoms with Crippen LogP contribution in [0.3, 0.4) is 0 Å². The SMILES string of the molecule is COC1=C=C([O])OC(C)=C1.[Cl-].[Zn].